The molecule has 1 N–H and O–H groups in total. The van der Waals surface area contributed by atoms with E-state index in [2.05, 4.69) is 4.98 Å². The first-order valence-corrected chi connectivity index (χ1v) is 4.85. The number of pyridine rings is 1. The van der Waals surface area contributed by atoms with E-state index < -0.39 is 0 Å². The second-order valence-corrected chi connectivity index (χ2v) is 3.89. The van der Waals surface area contributed by atoms with E-state index in [-0.39, 0.29) is 5.75 Å². The van der Waals surface area contributed by atoms with E-state index in [1.807, 2.05) is 38.1 Å². The zero-order valence-corrected chi connectivity index (χ0v) is 9.15. The van der Waals surface area contributed by atoms with Crippen molar-refractivity contribution in [2.75, 3.05) is 19.0 Å². The Kier molecular flexibility index (Phi) is 2.23. The van der Waals surface area contributed by atoms with E-state index in [0.29, 0.717) is 0 Å². The van der Waals surface area contributed by atoms with Crippen LogP contribution in [0.5, 0.6) is 5.75 Å². The first-order chi connectivity index (χ1) is 7.08. The van der Waals surface area contributed by atoms with Gasteiger partial charge in [0.1, 0.15) is 11.6 Å². The van der Waals surface area contributed by atoms with Crippen molar-refractivity contribution >= 4 is 16.7 Å². The lowest BCUT2D eigenvalue weighted by Gasteiger charge is -2.13. The van der Waals surface area contributed by atoms with Crippen LogP contribution in [0, 0.1) is 6.92 Å². The minimum atomic E-state index is 0.255. The molecule has 2 rings (SSSR count). The van der Waals surface area contributed by atoms with Crippen molar-refractivity contribution in [1.82, 2.24) is 4.98 Å². The Labute approximate surface area is 89.0 Å². The number of hydrogen-bond donors (Lipinski definition) is 1. The van der Waals surface area contributed by atoms with Crippen LogP contribution in [0.25, 0.3) is 10.9 Å². The third kappa shape index (κ3) is 1.73. The van der Waals surface area contributed by atoms with Gasteiger partial charge in [-0.3, -0.25) is 0 Å². The molecule has 3 heteroatoms. The van der Waals surface area contributed by atoms with Gasteiger partial charge in [-0.15, -0.1) is 0 Å². The average Bonchev–Trinajstić information content (AvgIpc) is 2.16. The van der Waals surface area contributed by atoms with Gasteiger partial charge in [0.05, 0.1) is 5.52 Å². The lowest BCUT2D eigenvalue weighted by atomic mass is 10.1. The van der Waals surface area contributed by atoms with Crippen molar-refractivity contribution in [3.63, 3.8) is 0 Å². The molecular formula is C12H14N2O. The number of hydrogen-bond acceptors (Lipinski definition) is 3. The third-order valence-corrected chi connectivity index (χ3v) is 2.44. The van der Waals surface area contributed by atoms with Gasteiger partial charge in [0.25, 0.3) is 0 Å². The first kappa shape index (κ1) is 9.77. The summed E-state index contributed by atoms with van der Waals surface area (Å²) in [6.45, 7) is 2.05. The molecule has 0 aliphatic rings. The number of rotatable bonds is 1. The van der Waals surface area contributed by atoms with Crippen LogP contribution >= 0.6 is 0 Å². The summed E-state index contributed by atoms with van der Waals surface area (Å²) >= 11 is 0. The number of nitrogens with zero attached hydrogens (tertiary/aromatic N) is 2. The third-order valence-electron chi connectivity index (χ3n) is 2.44. The van der Waals surface area contributed by atoms with Crippen molar-refractivity contribution in [3.8, 4) is 5.75 Å². The minimum absolute atomic E-state index is 0.255. The molecule has 0 spiro atoms. The molecule has 0 amide bonds. The molecule has 0 bridgehead atoms. The topological polar surface area (TPSA) is 36.4 Å². The van der Waals surface area contributed by atoms with E-state index in [0.717, 1.165) is 16.7 Å². The molecule has 0 aliphatic heterocycles. The summed E-state index contributed by atoms with van der Waals surface area (Å²) in [7, 11) is 3.91. The molecule has 0 aliphatic carbocycles. The van der Waals surface area contributed by atoms with Crippen molar-refractivity contribution < 1.29 is 5.11 Å². The van der Waals surface area contributed by atoms with Crippen LogP contribution < -0.4 is 4.90 Å². The van der Waals surface area contributed by atoms with Crippen LogP contribution in [0.1, 0.15) is 5.56 Å². The van der Waals surface area contributed by atoms with Crippen LogP contribution in [0.2, 0.25) is 0 Å². The molecule has 1 aromatic heterocycles. The standard InChI is InChI=1S/C12H14N2O/c1-8-6-12(14(2)3)13-11-7-9(15)4-5-10(8)11/h4-7,15H,1-3H3. The van der Waals surface area contributed by atoms with Gasteiger partial charge in [-0.05, 0) is 30.7 Å². The zero-order chi connectivity index (χ0) is 11.0. The van der Waals surface area contributed by atoms with Gasteiger partial charge in [0, 0.05) is 25.5 Å². The van der Waals surface area contributed by atoms with Gasteiger partial charge in [0.2, 0.25) is 0 Å². The molecule has 15 heavy (non-hydrogen) atoms. The second-order valence-electron chi connectivity index (χ2n) is 3.89. The summed E-state index contributed by atoms with van der Waals surface area (Å²) in [6, 6.07) is 7.31. The average molecular weight is 202 g/mol. The fourth-order valence-corrected chi connectivity index (χ4v) is 1.60. The quantitative estimate of drug-likeness (QED) is 0.771. The van der Waals surface area contributed by atoms with Crippen molar-refractivity contribution in [3.05, 3.63) is 29.8 Å². The molecule has 0 saturated heterocycles. The highest BCUT2D eigenvalue weighted by molar-refractivity contribution is 5.85. The Balaban J connectivity index is 2.74. The van der Waals surface area contributed by atoms with Gasteiger partial charge in [-0.1, -0.05) is 0 Å². The zero-order valence-electron chi connectivity index (χ0n) is 9.15. The normalized spacial score (nSPS) is 10.6. The summed E-state index contributed by atoms with van der Waals surface area (Å²) in [5, 5.41) is 10.5. The number of aromatic nitrogens is 1. The Morgan fingerprint density at radius 1 is 1.20 bits per heavy atom. The van der Waals surface area contributed by atoms with E-state index in [1.54, 1.807) is 12.1 Å². The molecule has 1 heterocycles. The summed E-state index contributed by atoms with van der Waals surface area (Å²) < 4.78 is 0. The van der Waals surface area contributed by atoms with Crippen LogP contribution in [-0.2, 0) is 0 Å². The Morgan fingerprint density at radius 2 is 1.93 bits per heavy atom. The second kappa shape index (κ2) is 3.42. The predicted octanol–water partition coefficient (Wildman–Crippen LogP) is 2.31. The fraction of sp³-hybridized carbons (Fsp3) is 0.250. The number of aryl methyl sites for hydroxylation is 1. The molecule has 0 radical (unpaired) electrons. The predicted molar refractivity (Wildman–Crippen MR) is 62.5 cm³/mol. The summed E-state index contributed by atoms with van der Waals surface area (Å²) in [5.41, 5.74) is 2.00. The molecule has 0 unspecified atom stereocenters. The lowest BCUT2D eigenvalue weighted by Crippen LogP contribution is -2.10. The Morgan fingerprint density at radius 3 is 2.60 bits per heavy atom. The molecular weight excluding hydrogens is 188 g/mol. The first-order valence-electron chi connectivity index (χ1n) is 4.85. The van der Waals surface area contributed by atoms with E-state index in [4.69, 9.17) is 0 Å². The van der Waals surface area contributed by atoms with Crippen LogP contribution in [-0.4, -0.2) is 24.2 Å². The number of aromatic hydroxyl groups is 1. The maximum atomic E-state index is 9.40. The summed E-state index contributed by atoms with van der Waals surface area (Å²) in [6.07, 6.45) is 0. The van der Waals surface area contributed by atoms with Gasteiger partial charge in [0.15, 0.2) is 0 Å². The van der Waals surface area contributed by atoms with E-state index in [9.17, 15) is 5.11 Å². The monoisotopic (exact) mass is 202 g/mol. The smallest absolute Gasteiger partial charge is 0.128 e. The van der Waals surface area contributed by atoms with Crippen LogP contribution in [0.3, 0.4) is 0 Å². The van der Waals surface area contributed by atoms with Gasteiger partial charge in [-0.25, -0.2) is 4.98 Å². The van der Waals surface area contributed by atoms with Gasteiger partial charge in [-0.2, -0.15) is 0 Å². The fourth-order valence-electron chi connectivity index (χ4n) is 1.60. The maximum absolute atomic E-state index is 9.40. The molecule has 2 aromatic rings. The Hall–Kier alpha value is -1.77. The minimum Gasteiger partial charge on any atom is -0.508 e. The molecule has 1 aromatic carbocycles. The molecule has 3 nitrogen and oxygen atoms in total. The van der Waals surface area contributed by atoms with E-state index >= 15 is 0 Å². The highest BCUT2D eigenvalue weighted by Crippen LogP contribution is 2.24. The number of phenols is 1. The van der Waals surface area contributed by atoms with Crippen molar-refractivity contribution in [2.45, 2.75) is 6.92 Å². The maximum Gasteiger partial charge on any atom is 0.128 e. The van der Waals surface area contributed by atoms with Crippen LogP contribution in [0.4, 0.5) is 5.82 Å². The lowest BCUT2D eigenvalue weighted by molar-refractivity contribution is 0.476. The highest BCUT2D eigenvalue weighted by Gasteiger charge is 2.04. The van der Waals surface area contributed by atoms with Crippen molar-refractivity contribution in [1.29, 1.82) is 0 Å². The Bertz CT molecular complexity index is 506. The summed E-state index contributed by atoms with van der Waals surface area (Å²) in [4.78, 5) is 6.42. The number of fused-ring (bicyclic) bond motifs is 1. The van der Waals surface area contributed by atoms with Crippen LogP contribution in [0.15, 0.2) is 24.3 Å². The van der Waals surface area contributed by atoms with E-state index in [1.165, 1.54) is 5.56 Å². The van der Waals surface area contributed by atoms with Gasteiger partial charge < -0.3 is 10.0 Å². The highest BCUT2D eigenvalue weighted by atomic mass is 16.3. The SMILES string of the molecule is Cc1cc(N(C)C)nc2cc(O)ccc12. The largest absolute Gasteiger partial charge is 0.508 e. The van der Waals surface area contributed by atoms with Crippen molar-refractivity contribution in [2.24, 2.45) is 0 Å². The molecule has 0 atom stereocenters. The number of phenolic OH excluding ortho intramolecular Hbond substituents is 1. The number of anilines is 1. The summed E-state index contributed by atoms with van der Waals surface area (Å²) in [5.74, 6) is 1.16. The molecule has 78 valence electrons. The van der Waals surface area contributed by atoms with Gasteiger partial charge >= 0.3 is 0 Å². The molecule has 0 saturated carbocycles. The number of benzene rings is 1. The molecule has 0 fully saturated rings.